The molecule has 1 aromatic carbocycles. The second-order valence-electron chi connectivity index (χ2n) is 6.72. The molecular weight excluding hydrogens is 423 g/mol. The van der Waals surface area contributed by atoms with Gasteiger partial charge >= 0.3 is 6.36 Å². The summed E-state index contributed by atoms with van der Waals surface area (Å²) < 4.78 is 46.0. The number of amides is 1. The lowest BCUT2D eigenvalue weighted by Gasteiger charge is -2.17. The quantitative estimate of drug-likeness (QED) is 0.679. The summed E-state index contributed by atoms with van der Waals surface area (Å²) in [5.74, 6) is -0.175. The molecule has 1 atom stereocenters. The Balaban J connectivity index is 1.46. The first kappa shape index (κ1) is 20.2. The fraction of sp³-hybridized carbons (Fsp3) is 0.250. The lowest BCUT2D eigenvalue weighted by Crippen LogP contribution is -2.23. The first-order valence-electron chi connectivity index (χ1n) is 9.02. The Kier molecular flexibility index (Phi) is 5.38. The lowest BCUT2D eigenvalue weighted by atomic mass is 10.1. The number of aromatic nitrogens is 2. The monoisotopic (exact) mass is 437 g/mol. The average Bonchev–Trinajstić information content (AvgIpc) is 3.25. The Labute approximate surface area is 174 Å². The predicted molar refractivity (Wildman–Crippen MR) is 101 cm³/mol. The maximum atomic E-state index is 12.5. The van der Waals surface area contributed by atoms with Gasteiger partial charge in [0.2, 0.25) is 17.6 Å². The van der Waals surface area contributed by atoms with E-state index in [9.17, 15) is 18.0 Å². The maximum absolute atomic E-state index is 12.5. The van der Waals surface area contributed by atoms with Crippen LogP contribution in [-0.2, 0) is 4.79 Å². The third-order valence-corrected chi connectivity index (χ3v) is 4.91. The molecule has 0 bridgehead atoms. The van der Waals surface area contributed by atoms with Crippen LogP contribution in [0.1, 0.15) is 24.7 Å². The number of likely N-dealkylation sites (tertiary alicyclic amines) is 1. The maximum Gasteiger partial charge on any atom is 0.573 e. The van der Waals surface area contributed by atoms with E-state index >= 15 is 0 Å². The van der Waals surface area contributed by atoms with Crippen LogP contribution in [0.3, 0.4) is 0 Å². The molecule has 2 aromatic rings. The van der Waals surface area contributed by atoms with E-state index in [1.165, 1.54) is 24.3 Å². The molecule has 0 radical (unpaired) electrons. The molecular formula is C20H15ClF3N3O3. The van der Waals surface area contributed by atoms with Gasteiger partial charge in [0.1, 0.15) is 5.75 Å². The largest absolute Gasteiger partial charge is 0.573 e. The zero-order chi connectivity index (χ0) is 21.3. The number of rotatable bonds is 4. The van der Waals surface area contributed by atoms with Crippen LogP contribution in [0.25, 0.3) is 11.4 Å². The molecule has 1 unspecified atom stereocenters. The number of hydrogen-bond acceptors (Lipinski definition) is 5. The van der Waals surface area contributed by atoms with E-state index in [4.69, 9.17) is 16.1 Å². The zero-order valence-electron chi connectivity index (χ0n) is 15.4. The second-order valence-corrected chi connectivity index (χ2v) is 7.16. The zero-order valence-corrected chi connectivity index (χ0v) is 16.2. The topological polar surface area (TPSA) is 68.5 Å². The minimum atomic E-state index is -4.76. The minimum Gasteiger partial charge on any atom is -0.406 e. The van der Waals surface area contributed by atoms with Crippen LogP contribution in [0.2, 0.25) is 0 Å². The van der Waals surface area contributed by atoms with E-state index in [2.05, 4.69) is 14.9 Å². The van der Waals surface area contributed by atoms with Crippen LogP contribution >= 0.6 is 11.6 Å². The van der Waals surface area contributed by atoms with Crippen LogP contribution < -0.4 is 4.74 Å². The molecule has 2 aliphatic rings. The number of allylic oxidation sites excluding steroid dienone is 5. The number of ether oxygens (including phenoxy) is 1. The fourth-order valence-electron chi connectivity index (χ4n) is 3.24. The Morgan fingerprint density at radius 1 is 1.17 bits per heavy atom. The standard InChI is InChI=1S/C20H15ClF3N3O3/c21-14-2-1-3-15(7-6-14)27-11-13(10-17(27)28)19-25-18(26-30-19)12-4-8-16(9-5-12)29-20(22,23)24/h2-9,13H,1,10-11H2. The number of carbonyl (C=O) groups excluding carboxylic acids is 1. The van der Waals surface area contributed by atoms with Gasteiger partial charge in [-0.1, -0.05) is 28.9 Å². The van der Waals surface area contributed by atoms with Gasteiger partial charge in [0, 0.05) is 29.3 Å². The van der Waals surface area contributed by atoms with E-state index in [0.29, 0.717) is 29.5 Å². The molecule has 1 fully saturated rings. The van der Waals surface area contributed by atoms with Crippen molar-refractivity contribution in [2.45, 2.75) is 25.1 Å². The number of nitrogens with zero attached hydrogens (tertiary/aromatic N) is 3. The summed E-state index contributed by atoms with van der Waals surface area (Å²) in [5, 5.41) is 4.50. The smallest absolute Gasteiger partial charge is 0.406 e. The summed E-state index contributed by atoms with van der Waals surface area (Å²) in [6.07, 6.45) is 3.36. The number of hydrogen-bond donors (Lipinski definition) is 0. The predicted octanol–water partition coefficient (Wildman–Crippen LogP) is 4.92. The third-order valence-electron chi connectivity index (χ3n) is 4.63. The van der Waals surface area contributed by atoms with Gasteiger partial charge in [-0.3, -0.25) is 4.79 Å². The van der Waals surface area contributed by atoms with Crippen LogP contribution in [0, 0.1) is 0 Å². The van der Waals surface area contributed by atoms with Crippen molar-refractivity contribution in [1.29, 1.82) is 0 Å². The molecule has 156 valence electrons. The SMILES string of the molecule is O=C1CC(c2nc(-c3ccc(OC(F)(F)F)cc3)no2)CN1C1=CCC=C(Cl)C=C1. The molecule has 1 aromatic heterocycles. The van der Waals surface area contributed by atoms with Crippen molar-refractivity contribution in [3.63, 3.8) is 0 Å². The normalized spacial score (nSPS) is 19.5. The Bertz CT molecular complexity index is 1040. The number of alkyl halides is 3. The van der Waals surface area contributed by atoms with Gasteiger partial charge in [0.25, 0.3) is 0 Å². The van der Waals surface area contributed by atoms with Crippen LogP contribution in [0.15, 0.2) is 63.8 Å². The molecule has 10 heteroatoms. The summed E-state index contributed by atoms with van der Waals surface area (Å²) in [4.78, 5) is 18.5. The van der Waals surface area contributed by atoms with E-state index in [-0.39, 0.29) is 29.8 Å². The molecule has 0 saturated carbocycles. The molecule has 6 nitrogen and oxygen atoms in total. The van der Waals surface area contributed by atoms with Crippen molar-refractivity contribution in [1.82, 2.24) is 15.0 Å². The molecule has 30 heavy (non-hydrogen) atoms. The van der Waals surface area contributed by atoms with Crippen molar-refractivity contribution in [2.75, 3.05) is 6.54 Å². The highest BCUT2D eigenvalue weighted by Gasteiger charge is 2.36. The van der Waals surface area contributed by atoms with Gasteiger partial charge in [-0.25, -0.2) is 0 Å². The van der Waals surface area contributed by atoms with Gasteiger partial charge in [-0.15, -0.1) is 13.2 Å². The minimum absolute atomic E-state index is 0.0673. The first-order chi connectivity index (χ1) is 14.3. The summed E-state index contributed by atoms with van der Waals surface area (Å²) in [5.41, 5.74) is 1.23. The van der Waals surface area contributed by atoms with Crippen LogP contribution in [0.5, 0.6) is 5.75 Å². The van der Waals surface area contributed by atoms with Gasteiger partial charge in [-0.2, -0.15) is 4.98 Å². The molecule has 0 spiro atoms. The summed E-state index contributed by atoms with van der Waals surface area (Å²) >= 11 is 6.00. The molecule has 1 saturated heterocycles. The first-order valence-corrected chi connectivity index (χ1v) is 9.40. The van der Waals surface area contributed by atoms with E-state index in [1.54, 1.807) is 17.1 Å². The number of carbonyl (C=O) groups is 1. The Morgan fingerprint density at radius 3 is 2.67 bits per heavy atom. The second kappa shape index (κ2) is 7.98. The number of halogens is 4. The highest BCUT2D eigenvalue weighted by atomic mass is 35.5. The highest BCUT2D eigenvalue weighted by molar-refractivity contribution is 6.31. The highest BCUT2D eigenvalue weighted by Crippen LogP contribution is 2.32. The van der Waals surface area contributed by atoms with Crippen molar-refractivity contribution in [3.8, 4) is 17.1 Å². The molecule has 0 N–H and O–H groups in total. The van der Waals surface area contributed by atoms with Crippen LogP contribution in [-0.4, -0.2) is 33.9 Å². The Hall–Kier alpha value is -3.07. The van der Waals surface area contributed by atoms with Gasteiger partial charge in [-0.05, 0) is 42.8 Å². The van der Waals surface area contributed by atoms with Crippen molar-refractivity contribution in [3.05, 3.63) is 65.2 Å². The fourth-order valence-corrected chi connectivity index (χ4v) is 3.39. The van der Waals surface area contributed by atoms with E-state index in [1.807, 2.05) is 12.2 Å². The van der Waals surface area contributed by atoms with Crippen molar-refractivity contribution < 1.29 is 27.2 Å². The number of benzene rings is 1. The van der Waals surface area contributed by atoms with Crippen molar-refractivity contribution >= 4 is 17.5 Å². The molecule has 2 heterocycles. The molecule has 1 amide bonds. The summed E-state index contributed by atoms with van der Waals surface area (Å²) in [6, 6.07) is 5.15. The van der Waals surface area contributed by atoms with E-state index in [0.717, 1.165) is 5.70 Å². The molecule has 1 aliphatic heterocycles. The van der Waals surface area contributed by atoms with Gasteiger partial charge in [0.15, 0.2) is 0 Å². The Morgan fingerprint density at radius 2 is 1.93 bits per heavy atom. The molecule has 1 aliphatic carbocycles. The van der Waals surface area contributed by atoms with Gasteiger partial charge < -0.3 is 14.2 Å². The molecule has 4 rings (SSSR count). The van der Waals surface area contributed by atoms with E-state index < -0.39 is 6.36 Å². The van der Waals surface area contributed by atoms with Crippen molar-refractivity contribution in [2.24, 2.45) is 0 Å². The lowest BCUT2D eigenvalue weighted by molar-refractivity contribution is -0.274. The van der Waals surface area contributed by atoms with Crippen LogP contribution in [0.4, 0.5) is 13.2 Å². The summed E-state index contributed by atoms with van der Waals surface area (Å²) in [7, 11) is 0. The van der Waals surface area contributed by atoms with Gasteiger partial charge in [0.05, 0.1) is 5.92 Å². The average molecular weight is 438 g/mol. The summed E-state index contributed by atoms with van der Waals surface area (Å²) in [6.45, 7) is 0.382. The third kappa shape index (κ3) is 4.56.